The molecular formula is C20H23N3O2S. The average molecular weight is 369 g/mol. The third-order valence-electron chi connectivity index (χ3n) is 3.67. The first-order valence-corrected chi connectivity index (χ1v) is 9.38. The number of hydrogen-bond donors (Lipinski definition) is 2. The molecule has 6 heteroatoms. The molecule has 2 N–H and O–H groups in total. The van der Waals surface area contributed by atoms with E-state index in [1.54, 1.807) is 23.9 Å². The van der Waals surface area contributed by atoms with Crippen molar-refractivity contribution in [2.45, 2.75) is 31.8 Å². The summed E-state index contributed by atoms with van der Waals surface area (Å²) in [4.78, 5) is 23.2. The molecule has 26 heavy (non-hydrogen) atoms. The standard InChI is InChI=1S/C20H23N3O2S/c1-14(18-9-11-19(12-10-18)21-16(3)24)22-23-20(25)15(2)26-13-17-7-5-4-6-8-17/h4-12,15H,13H2,1-3H3,(H,21,24)(H,23,25)/b22-14-/t15-/m1/s1. The second-order valence-electron chi connectivity index (χ2n) is 5.87. The molecule has 2 rings (SSSR count). The largest absolute Gasteiger partial charge is 0.326 e. The van der Waals surface area contributed by atoms with Gasteiger partial charge in [0.05, 0.1) is 11.0 Å². The molecule has 0 saturated heterocycles. The molecule has 0 aliphatic heterocycles. The Kier molecular flexibility index (Phi) is 7.41. The normalized spacial score (nSPS) is 12.3. The van der Waals surface area contributed by atoms with Crippen molar-refractivity contribution in [3.63, 3.8) is 0 Å². The molecule has 5 nitrogen and oxygen atoms in total. The highest BCUT2D eigenvalue weighted by molar-refractivity contribution is 7.99. The van der Waals surface area contributed by atoms with E-state index in [1.807, 2.05) is 56.3 Å². The van der Waals surface area contributed by atoms with Crippen LogP contribution in [0.5, 0.6) is 0 Å². The van der Waals surface area contributed by atoms with E-state index in [1.165, 1.54) is 12.5 Å². The highest BCUT2D eigenvalue weighted by atomic mass is 32.2. The van der Waals surface area contributed by atoms with Gasteiger partial charge in [-0.2, -0.15) is 5.10 Å². The van der Waals surface area contributed by atoms with Gasteiger partial charge in [0.2, 0.25) is 5.91 Å². The molecule has 0 heterocycles. The smallest absolute Gasteiger partial charge is 0.252 e. The fourth-order valence-electron chi connectivity index (χ4n) is 2.16. The molecule has 1 atom stereocenters. The van der Waals surface area contributed by atoms with E-state index in [0.29, 0.717) is 5.71 Å². The lowest BCUT2D eigenvalue weighted by Crippen LogP contribution is -2.27. The van der Waals surface area contributed by atoms with Crippen molar-refractivity contribution in [1.29, 1.82) is 0 Å². The number of anilines is 1. The molecule has 0 radical (unpaired) electrons. The molecule has 2 amide bonds. The minimum atomic E-state index is -0.200. The Hall–Kier alpha value is -2.60. The highest BCUT2D eigenvalue weighted by Gasteiger charge is 2.13. The Morgan fingerprint density at radius 2 is 1.69 bits per heavy atom. The van der Waals surface area contributed by atoms with Crippen LogP contribution in [0.2, 0.25) is 0 Å². The fraction of sp³-hybridized carbons (Fsp3) is 0.250. The molecule has 0 unspecified atom stereocenters. The second-order valence-corrected chi connectivity index (χ2v) is 7.20. The number of thioether (sulfide) groups is 1. The van der Waals surface area contributed by atoms with Crippen LogP contribution in [0.25, 0.3) is 0 Å². The van der Waals surface area contributed by atoms with Gasteiger partial charge in [0.25, 0.3) is 5.91 Å². The number of nitrogens with zero attached hydrogens (tertiary/aromatic N) is 1. The van der Waals surface area contributed by atoms with Crippen LogP contribution in [0.3, 0.4) is 0 Å². The number of carbonyl (C=O) groups is 2. The molecule has 2 aromatic rings. The number of hydrogen-bond acceptors (Lipinski definition) is 4. The van der Waals surface area contributed by atoms with Crippen molar-refractivity contribution in [1.82, 2.24) is 5.43 Å². The number of carbonyl (C=O) groups excluding carboxylic acids is 2. The lowest BCUT2D eigenvalue weighted by molar-refractivity contribution is -0.120. The molecule has 2 aromatic carbocycles. The van der Waals surface area contributed by atoms with Crippen molar-refractivity contribution in [3.8, 4) is 0 Å². The van der Waals surface area contributed by atoms with Gasteiger partial charge >= 0.3 is 0 Å². The molecule has 136 valence electrons. The number of rotatable bonds is 7. The first kappa shape index (κ1) is 19.7. The summed E-state index contributed by atoms with van der Waals surface area (Å²) >= 11 is 1.57. The van der Waals surface area contributed by atoms with E-state index in [9.17, 15) is 9.59 Å². The van der Waals surface area contributed by atoms with Crippen LogP contribution >= 0.6 is 11.8 Å². The van der Waals surface area contributed by atoms with Crippen molar-refractivity contribution in [3.05, 3.63) is 65.7 Å². The van der Waals surface area contributed by atoms with Crippen LogP contribution in [0.15, 0.2) is 59.7 Å². The summed E-state index contributed by atoms with van der Waals surface area (Å²) in [6.07, 6.45) is 0. The number of nitrogens with one attached hydrogen (secondary N) is 2. The van der Waals surface area contributed by atoms with E-state index in [4.69, 9.17) is 0 Å². The van der Waals surface area contributed by atoms with E-state index < -0.39 is 0 Å². The van der Waals surface area contributed by atoms with E-state index in [0.717, 1.165) is 17.0 Å². The molecular weight excluding hydrogens is 346 g/mol. The van der Waals surface area contributed by atoms with Gasteiger partial charge in [0.1, 0.15) is 0 Å². The summed E-state index contributed by atoms with van der Waals surface area (Å²) in [6.45, 7) is 5.17. The summed E-state index contributed by atoms with van der Waals surface area (Å²) in [7, 11) is 0. The van der Waals surface area contributed by atoms with Gasteiger partial charge in [-0.3, -0.25) is 9.59 Å². The lowest BCUT2D eigenvalue weighted by Gasteiger charge is -2.10. The molecule has 0 bridgehead atoms. The Morgan fingerprint density at radius 3 is 2.31 bits per heavy atom. The van der Waals surface area contributed by atoms with Crippen LogP contribution in [-0.4, -0.2) is 22.8 Å². The predicted molar refractivity (Wildman–Crippen MR) is 108 cm³/mol. The Labute approximate surface area is 158 Å². The van der Waals surface area contributed by atoms with Crippen molar-refractivity contribution in [2.75, 3.05) is 5.32 Å². The van der Waals surface area contributed by atoms with E-state index in [-0.39, 0.29) is 17.1 Å². The van der Waals surface area contributed by atoms with Crippen LogP contribution < -0.4 is 10.7 Å². The molecule has 0 fully saturated rings. The molecule has 0 saturated carbocycles. The molecule has 0 aliphatic carbocycles. The van der Waals surface area contributed by atoms with Gasteiger partial charge in [-0.05, 0) is 37.1 Å². The second kappa shape index (κ2) is 9.77. The quantitative estimate of drug-likeness (QED) is 0.576. The van der Waals surface area contributed by atoms with Crippen molar-refractivity contribution < 1.29 is 9.59 Å². The lowest BCUT2D eigenvalue weighted by atomic mass is 10.1. The van der Waals surface area contributed by atoms with E-state index >= 15 is 0 Å². The van der Waals surface area contributed by atoms with Crippen LogP contribution in [0, 0.1) is 0 Å². The van der Waals surface area contributed by atoms with Crippen molar-refractivity contribution in [2.24, 2.45) is 5.10 Å². The summed E-state index contributed by atoms with van der Waals surface area (Å²) < 4.78 is 0. The zero-order valence-corrected chi connectivity index (χ0v) is 16.0. The zero-order chi connectivity index (χ0) is 18.9. The topological polar surface area (TPSA) is 70.6 Å². The number of hydrazone groups is 1. The minimum absolute atomic E-state index is 0.114. The van der Waals surface area contributed by atoms with Crippen LogP contribution in [-0.2, 0) is 15.3 Å². The van der Waals surface area contributed by atoms with E-state index in [2.05, 4.69) is 15.8 Å². The van der Waals surface area contributed by atoms with Gasteiger partial charge in [-0.15, -0.1) is 11.8 Å². The highest BCUT2D eigenvalue weighted by Crippen LogP contribution is 2.17. The Bertz CT molecular complexity index is 773. The minimum Gasteiger partial charge on any atom is -0.326 e. The maximum absolute atomic E-state index is 12.2. The van der Waals surface area contributed by atoms with Gasteiger partial charge in [0.15, 0.2) is 0 Å². The van der Waals surface area contributed by atoms with Crippen LogP contribution in [0.4, 0.5) is 5.69 Å². The average Bonchev–Trinajstić information content (AvgIpc) is 2.64. The van der Waals surface area contributed by atoms with Gasteiger partial charge in [-0.25, -0.2) is 5.43 Å². The van der Waals surface area contributed by atoms with Gasteiger partial charge in [-0.1, -0.05) is 42.5 Å². The number of amides is 2. The monoisotopic (exact) mass is 369 g/mol. The maximum Gasteiger partial charge on any atom is 0.252 e. The zero-order valence-electron chi connectivity index (χ0n) is 15.2. The van der Waals surface area contributed by atoms with Crippen molar-refractivity contribution >= 4 is 35.0 Å². The molecule has 0 aromatic heterocycles. The predicted octanol–water partition coefficient (Wildman–Crippen LogP) is 3.81. The summed E-state index contributed by atoms with van der Waals surface area (Å²) in [5.41, 5.74) is 6.12. The van der Waals surface area contributed by atoms with Gasteiger partial charge < -0.3 is 5.32 Å². The Balaban J connectivity index is 1.86. The number of benzene rings is 2. The summed E-state index contributed by atoms with van der Waals surface area (Å²) in [5.74, 6) is 0.542. The van der Waals surface area contributed by atoms with Gasteiger partial charge in [0, 0.05) is 18.4 Å². The molecule has 0 aliphatic rings. The first-order valence-electron chi connectivity index (χ1n) is 8.33. The third kappa shape index (κ3) is 6.37. The first-order chi connectivity index (χ1) is 12.5. The fourth-order valence-corrected chi connectivity index (χ4v) is 3.00. The third-order valence-corrected chi connectivity index (χ3v) is 4.88. The maximum atomic E-state index is 12.2. The summed E-state index contributed by atoms with van der Waals surface area (Å²) in [5, 5.41) is 6.69. The summed E-state index contributed by atoms with van der Waals surface area (Å²) in [6, 6.07) is 17.4. The van der Waals surface area contributed by atoms with Crippen LogP contribution in [0.1, 0.15) is 31.9 Å². The Morgan fingerprint density at radius 1 is 1.04 bits per heavy atom. The molecule has 0 spiro atoms. The SMILES string of the molecule is CC(=O)Nc1ccc(/C(C)=N\NC(=O)[C@@H](C)SCc2ccccc2)cc1.